The van der Waals surface area contributed by atoms with Crippen molar-refractivity contribution in [2.24, 2.45) is 7.05 Å². The number of aryl methyl sites for hydroxylation is 1. The number of rotatable bonds is 6. The molecule has 31 heavy (non-hydrogen) atoms. The Hall–Kier alpha value is -3.02. The van der Waals surface area contributed by atoms with Crippen LogP contribution in [0, 0.1) is 0 Å². The second-order valence-corrected chi connectivity index (χ2v) is 9.33. The topological polar surface area (TPSA) is 126 Å². The molecular weight excluding hydrogens is 422 g/mol. The number of benzene rings is 1. The predicted molar refractivity (Wildman–Crippen MR) is 115 cm³/mol. The van der Waals surface area contributed by atoms with E-state index in [1.165, 1.54) is 8.87 Å². The van der Waals surface area contributed by atoms with Gasteiger partial charge in [0, 0.05) is 44.0 Å². The highest BCUT2D eigenvalue weighted by atomic mass is 32.2. The number of nitrogens with zero attached hydrogens (tertiary/aromatic N) is 3. The summed E-state index contributed by atoms with van der Waals surface area (Å²) in [7, 11) is -1.78. The summed E-state index contributed by atoms with van der Waals surface area (Å²) < 4.78 is 32.8. The third-order valence-corrected chi connectivity index (χ3v) is 7.10. The maximum absolute atomic E-state index is 12.6. The van der Waals surface area contributed by atoms with Crippen LogP contribution in [0.4, 0.5) is 0 Å². The zero-order valence-corrected chi connectivity index (χ0v) is 17.8. The van der Waals surface area contributed by atoms with Gasteiger partial charge in [-0.25, -0.2) is 18.2 Å². The lowest BCUT2D eigenvalue weighted by atomic mass is 10.0. The molecule has 1 aliphatic rings. The van der Waals surface area contributed by atoms with E-state index in [1.807, 2.05) is 12.1 Å². The fourth-order valence-electron chi connectivity index (χ4n) is 3.45. The third-order valence-electron chi connectivity index (χ3n) is 5.23. The fraction of sp³-hybridized carbons (Fsp3) is 0.350. The second-order valence-electron chi connectivity index (χ2n) is 7.25. The molecule has 4 rings (SSSR count). The normalized spacial score (nSPS) is 15.3. The number of carbonyl (C=O) groups excluding carboxylic acids is 1. The van der Waals surface area contributed by atoms with Gasteiger partial charge in [-0.3, -0.25) is 14.3 Å². The smallest absolute Gasteiger partial charge is 0.327 e. The van der Waals surface area contributed by atoms with Crippen molar-refractivity contribution in [3.8, 4) is 11.1 Å². The van der Waals surface area contributed by atoms with Crippen molar-refractivity contribution in [2.45, 2.75) is 0 Å². The summed E-state index contributed by atoms with van der Waals surface area (Å²) in [4.78, 5) is 31.3. The quantitative estimate of drug-likeness (QED) is 0.563. The number of hydrogen-bond acceptors (Lipinski definition) is 6. The van der Waals surface area contributed by atoms with Crippen molar-refractivity contribution in [1.82, 2.24) is 24.2 Å². The summed E-state index contributed by atoms with van der Waals surface area (Å²) in [6.07, 6.45) is 1.63. The Labute approximate surface area is 178 Å². The summed E-state index contributed by atoms with van der Waals surface area (Å²) in [5.74, 6) is -0.525. The van der Waals surface area contributed by atoms with E-state index < -0.39 is 10.0 Å². The molecule has 0 bridgehead atoms. The van der Waals surface area contributed by atoms with Gasteiger partial charge in [-0.1, -0.05) is 12.1 Å². The molecule has 0 spiro atoms. The predicted octanol–water partition coefficient (Wildman–Crippen LogP) is 0.320. The van der Waals surface area contributed by atoms with Gasteiger partial charge in [-0.15, -0.1) is 0 Å². The maximum Gasteiger partial charge on any atom is 0.327 e. The fourth-order valence-corrected chi connectivity index (χ4v) is 4.77. The minimum atomic E-state index is -3.44. The van der Waals surface area contributed by atoms with E-state index in [0.29, 0.717) is 43.0 Å². The van der Waals surface area contributed by atoms with Crippen LogP contribution in [0.5, 0.6) is 0 Å². The van der Waals surface area contributed by atoms with Crippen molar-refractivity contribution in [3.05, 3.63) is 52.6 Å². The molecule has 2 aromatic heterocycles. The highest BCUT2D eigenvalue weighted by Crippen LogP contribution is 2.22. The summed E-state index contributed by atoms with van der Waals surface area (Å²) in [5, 5.41) is 2.67. The third kappa shape index (κ3) is 4.53. The molecule has 1 aliphatic heterocycles. The molecule has 0 aliphatic carbocycles. The van der Waals surface area contributed by atoms with E-state index in [4.69, 9.17) is 4.74 Å². The molecule has 1 saturated heterocycles. The molecule has 0 atom stereocenters. The van der Waals surface area contributed by atoms with Gasteiger partial charge in [-0.05, 0) is 23.8 Å². The Balaban J connectivity index is 1.45. The number of sulfonamides is 1. The first-order valence-electron chi connectivity index (χ1n) is 9.84. The number of amides is 1. The number of fused-ring (bicyclic) bond motifs is 1. The molecule has 0 radical (unpaired) electrons. The number of hydrogen-bond donors (Lipinski definition) is 2. The minimum absolute atomic E-state index is 0.0156. The van der Waals surface area contributed by atoms with Crippen LogP contribution in [-0.2, 0) is 21.8 Å². The van der Waals surface area contributed by atoms with E-state index >= 15 is 0 Å². The lowest BCUT2D eigenvalue weighted by Gasteiger charge is -2.26. The van der Waals surface area contributed by atoms with Crippen molar-refractivity contribution in [2.75, 3.05) is 38.6 Å². The first-order valence-corrected chi connectivity index (χ1v) is 11.4. The maximum atomic E-state index is 12.6. The molecule has 2 N–H and O–H groups in total. The lowest BCUT2D eigenvalue weighted by molar-refractivity contribution is 0.0730. The van der Waals surface area contributed by atoms with E-state index in [-0.39, 0.29) is 23.9 Å². The van der Waals surface area contributed by atoms with Crippen LogP contribution in [0.15, 0.2) is 41.3 Å². The molecule has 1 fully saturated rings. The van der Waals surface area contributed by atoms with Gasteiger partial charge >= 0.3 is 5.69 Å². The van der Waals surface area contributed by atoms with Crippen molar-refractivity contribution >= 4 is 27.1 Å². The van der Waals surface area contributed by atoms with Crippen LogP contribution >= 0.6 is 0 Å². The number of carbonyl (C=O) groups is 1. The number of morpholine rings is 1. The zero-order valence-electron chi connectivity index (χ0n) is 17.0. The number of ether oxygens (including phenoxy) is 1. The Morgan fingerprint density at radius 2 is 2.00 bits per heavy atom. The number of pyridine rings is 1. The van der Waals surface area contributed by atoms with Gasteiger partial charge in [0.1, 0.15) is 0 Å². The SMILES string of the molecule is Cn1c(=O)[nH]c2ncc(-c3cccc(C(=O)NCCS(=O)(=O)N4CCOCC4)c3)cc21. The average molecular weight is 446 g/mol. The molecule has 1 aromatic carbocycles. The molecule has 11 heteroatoms. The lowest BCUT2D eigenvalue weighted by Crippen LogP contribution is -2.43. The molecule has 0 unspecified atom stereocenters. The molecule has 1 amide bonds. The molecule has 0 saturated carbocycles. The number of aromatic amines is 1. The summed E-state index contributed by atoms with van der Waals surface area (Å²) in [6.45, 7) is 1.46. The van der Waals surface area contributed by atoms with Crippen LogP contribution in [0.2, 0.25) is 0 Å². The first-order chi connectivity index (χ1) is 14.8. The first kappa shape index (κ1) is 21.2. The van der Waals surface area contributed by atoms with E-state index in [9.17, 15) is 18.0 Å². The largest absolute Gasteiger partial charge is 0.379 e. The van der Waals surface area contributed by atoms with Gasteiger partial charge in [0.15, 0.2) is 5.65 Å². The number of imidazole rings is 1. The number of nitrogens with one attached hydrogen (secondary N) is 2. The Kier molecular flexibility index (Phi) is 5.90. The minimum Gasteiger partial charge on any atom is -0.379 e. The standard InChI is InChI=1S/C20H23N5O5S/c1-24-17-12-16(13-22-18(17)23-20(24)27)14-3-2-4-15(11-14)19(26)21-5-10-31(28,29)25-6-8-30-9-7-25/h2-4,11-13H,5-10H2,1H3,(H,21,26)(H,22,23,27). The van der Waals surface area contributed by atoms with E-state index in [2.05, 4.69) is 15.3 Å². The van der Waals surface area contributed by atoms with E-state index in [1.54, 1.807) is 31.4 Å². The number of H-pyrrole nitrogens is 1. The molecule has 3 aromatic rings. The monoisotopic (exact) mass is 445 g/mol. The highest BCUT2D eigenvalue weighted by molar-refractivity contribution is 7.89. The Morgan fingerprint density at radius 3 is 2.77 bits per heavy atom. The second kappa shape index (κ2) is 8.61. The van der Waals surface area contributed by atoms with E-state index in [0.717, 1.165) is 11.1 Å². The molecular formula is C20H23N5O5S. The van der Waals surface area contributed by atoms with Crippen LogP contribution in [0.1, 0.15) is 10.4 Å². The van der Waals surface area contributed by atoms with Crippen LogP contribution in [-0.4, -0.2) is 71.8 Å². The van der Waals surface area contributed by atoms with Gasteiger partial charge in [-0.2, -0.15) is 4.31 Å². The molecule has 3 heterocycles. The molecule has 10 nitrogen and oxygen atoms in total. The average Bonchev–Trinajstić information content (AvgIpc) is 3.07. The molecule has 164 valence electrons. The zero-order chi connectivity index (χ0) is 22.0. The van der Waals surface area contributed by atoms with Gasteiger partial charge in [0.05, 0.1) is 24.5 Å². The van der Waals surface area contributed by atoms with Crippen LogP contribution in [0.3, 0.4) is 0 Å². The van der Waals surface area contributed by atoms with Gasteiger partial charge < -0.3 is 10.1 Å². The van der Waals surface area contributed by atoms with Crippen molar-refractivity contribution in [3.63, 3.8) is 0 Å². The highest BCUT2D eigenvalue weighted by Gasteiger charge is 2.24. The van der Waals surface area contributed by atoms with Crippen molar-refractivity contribution < 1.29 is 17.9 Å². The summed E-state index contributed by atoms with van der Waals surface area (Å²) in [6, 6.07) is 8.78. The Bertz CT molecular complexity index is 1270. The van der Waals surface area contributed by atoms with Crippen LogP contribution < -0.4 is 11.0 Å². The Morgan fingerprint density at radius 1 is 1.23 bits per heavy atom. The van der Waals surface area contributed by atoms with Gasteiger partial charge in [0.25, 0.3) is 5.91 Å². The summed E-state index contributed by atoms with van der Waals surface area (Å²) >= 11 is 0. The van der Waals surface area contributed by atoms with Gasteiger partial charge in [0.2, 0.25) is 10.0 Å². The number of aromatic nitrogens is 3. The van der Waals surface area contributed by atoms with Crippen molar-refractivity contribution in [1.29, 1.82) is 0 Å². The van der Waals surface area contributed by atoms with Crippen LogP contribution in [0.25, 0.3) is 22.3 Å². The summed E-state index contributed by atoms with van der Waals surface area (Å²) in [5.41, 5.74) is 2.82.